The van der Waals surface area contributed by atoms with Crippen molar-refractivity contribution in [3.8, 4) is 0 Å². The summed E-state index contributed by atoms with van der Waals surface area (Å²) in [6, 6.07) is 15.3. The lowest BCUT2D eigenvalue weighted by Gasteiger charge is -2.12. The van der Waals surface area contributed by atoms with Crippen molar-refractivity contribution < 1.29 is 10.4 Å². The van der Waals surface area contributed by atoms with E-state index in [0.717, 1.165) is 22.4 Å². The molecule has 2 aromatic carbocycles. The lowest BCUT2D eigenvalue weighted by Crippen LogP contribution is -2.08. The molecule has 0 radical (unpaired) electrons. The highest BCUT2D eigenvalue weighted by molar-refractivity contribution is 6.44. The van der Waals surface area contributed by atoms with E-state index >= 15 is 0 Å². The molecule has 1 aliphatic rings. The molecule has 0 saturated heterocycles. The molecule has 116 valence electrons. The average Bonchev–Trinajstić information content (AvgIpc) is 2.87. The highest BCUT2D eigenvalue weighted by Gasteiger charge is 2.30. The van der Waals surface area contributed by atoms with E-state index < -0.39 is 0 Å². The molecule has 0 bridgehead atoms. The Morgan fingerprint density at radius 2 is 1.35 bits per heavy atom. The molecule has 0 spiro atoms. The van der Waals surface area contributed by atoms with Crippen LogP contribution in [-0.4, -0.2) is 35.9 Å². The molecule has 0 unspecified atom stereocenters. The summed E-state index contributed by atoms with van der Waals surface area (Å²) in [7, 11) is 3.96. The third-order valence-electron chi connectivity index (χ3n) is 3.87. The average molecular weight is 307 g/mol. The largest absolute Gasteiger partial charge is 0.410 e. The molecule has 0 atom stereocenters. The maximum absolute atomic E-state index is 9.40. The second-order valence-corrected chi connectivity index (χ2v) is 5.49. The van der Waals surface area contributed by atoms with E-state index in [0.29, 0.717) is 17.0 Å². The summed E-state index contributed by atoms with van der Waals surface area (Å²) in [6.45, 7) is 0. The van der Waals surface area contributed by atoms with Crippen LogP contribution < -0.4 is 4.90 Å². The van der Waals surface area contributed by atoms with Crippen molar-refractivity contribution in [1.82, 2.24) is 0 Å². The van der Waals surface area contributed by atoms with Crippen molar-refractivity contribution in [3.63, 3.8) is 0 Å². The molecule has 2 N–H and O–H groups in total. The molecule has 0 fully saturated rings. The molecule has 0 aliphatic heterocycles. The van der Waals surface area contributed by atoms with Crippen LogP contribution in [0.2, 0.25) is 0 Å². The second-order valence-electron chi connectivity index (χ2n) is 5.49. The van der Waals surface area contributed by atoms with Crippen LogP contribution in [0.25, 0.3) is 6.08 Å². The molecule has 5 heteroatoms. The van der Waals surface area contributed by atoms with E-state index in [4.69, 9.17) is 0 Å². The summed E-state index contributed by atoms with van der Waals surface area (Å²) in [5, 5.41) is 25.6. The van der Waals surface area contributed by atoms with Crippen molar-refractivity contribution in [3.05, 3.63) is 70.8 Å². The number of allylic oxidation sites excluding steroid dienone is 1. The molecule has 2 aromatic rings. The molecular weight excluding hydrogens is 290 g/mol. The minimum Gasteiger partial charge on any atom is -0.410 e. The monoisotopic (exact) mass is 307 g/mol. The highest BCUT2D eigenvalue weighted by atomic mass is 16.4. The first-order valence-corrected chi connectivity index (χ1v) is 7.19. The first kappa shape index (κ1) is 14.8. The van der Waals surface area contributed by atoms with Gasteiger partial charge in [-0.15, -0.1) is 0 Å². The Labute approximate surface area is 134 Å². The van der Waals surface area contributed by atoms with Crippen LogP contribution in [0.15, 0.2) is 64.4 Å². The highest BCUT2D eigenvalue weighted by Crippen LogP contribution is 2.29. The van der Waals surface area contributed by atoms with Gasteiger partial charge in [0.2, 0.25) is 0 Å². The third kappa shape index (κ3) is 2.57. The van der Waals surface area contributed by atoms with Crippen LogP contribution in [0.4, 0.5) is 5.69 Å². The minimum atomic E-state index is 0.407. The lowest BCUT2D eigenvalue weighted by molar-refractivity contribution is 0.318. The van der Waals surface area contributed by atoms with Crippen LogP contribution in [0.5, 0.6) is 0 Å². The zero-order valence-electron chi connectivity index (χ0n) is 12.9. The SMILES string of the molecule is CN(C)c1ccc(C=C2/C(=N\O)c3ccccc3/C2=N/O)cc1. The number of fused-ring (bicyclic) bond motifs is 1. The van der Waals surface area contributed by atoms with Gasteiger partial charge < -0.3 is 15.3 Å². The standard InChI is InChI=1S/C18H17N3O2/c1-21(2)13-9-7-12(8-10-13)11-16-17(19-22)14-5-3-4-6-15(14)18(16)20-23/h3-11,22-23H,1-2H3/b19-17-,20-18-. The summed E-state index contributed by atoms with van der Waals surface area (Å²) in [4.78, 5) is 2.02. The van der Waals surface area contributed by atoms with E-state index in [1.54, 1.807) is 0 Å². The summed E-state index contributed by atoms with van der Waals surface area (Å²) < 4.78 is 0. The molecular formula is C18H17N3O2. The number of anilines is 1. The lowest BCUT2D eigenvalue weighted by atomic mass is 10.1. The fourth-order valence-corrected chi connectivity index (χ4v) is 2.69. The Morgan fingerprint density at radius 3 is 1.78 bits per heavy atom. The molecule has 0 aromatic heterocycles. The number of oxime groups is 2. The number of hydrogen-bond acceptors (Lipinski definition) is 5. The summed E-state index contributed by atoms with van der Waals surface area (Å²) in [6.07, 6.45) is 1.85. The van der Waals surface area contributed by atoms with Crippen molar-refractivity contribution in [2.75, 3.05) is 19.0 Å². The van der Waals surface area contributed by atoms with E-state index in [1.165, 1.54) is 0 Å². The third-order valence-corrected chi connectivity index (χ3v) is 3.87. The Hall–Kier alpha value is -3.08. The van der Waals surface area contributed by atoms with Crippen LogP contribution in [-0.2, 0) is 0 Å². The maximum Gasteiger partial charge on any atom is 0.120 e. The van der Waals surface area contributed by atoms with E-state index in [1.807, 2.05) is 73.6 Å². The minimum absolute atomic E-state index is 0.407. The predicted octanol–water partition coefficient (Wildman–Crippen LogP) is 3.21. The van der Waals surface area contributed by atoms with Crippen molar-refractivity contribution in [1.29, 1.82) is 0 Å². The van der Waals surface area contributed by atoms with Gasteiger partial charge in [-0.2, -0.15) is 0 Å². The number of hydrogen-bond donors (Lipinski definition) is 2. The molecule has 0 amide bonds. The van der Waals surface area contributed by atoms with Gasteiger partial charge in [0.25, 0.3) is 0 Å². The number of rotatable bonds is 2. The summed E-state index contributed by atoms with van der Waals surface area (Å²) >= 11 is 0. The van der Waals surface area contributed by atoms with Crippen LogP contribution in [0.3, 0.4) is 0 Å². The molecule has 0 heterocycles. The normalized spacial score (nSPS) is 16.7. The Balaban J connectivity index is 2.08. The number of nitrogens with zero attached hydrogens (tertiary/aromatic N) is 3. The zero-order chi connectivity index (χ0) is 16.4. The molecule has 0 saturated carbocycles. The topological polar surface area (TPSA) is 68.4 Å². The van der Waals surface area contributed by atoms with Gasteiger partial charge in [0.15, 0.2) is 0 Å². The van der Waals surface area contributed by atoms with E-state index in [2.05, 4.69) is 10.3 Å². The number of benzene rings is 2. The smallest absolute Gasteiger partial charge is 0.120 e. The molecule has 23 heavy (non-hydrogen) atoms. The van der Waals surface area contributed by atoms with Crippen molar-refractivity contribution in [2.24, 2.45) is 10.3 Å². The molecule has 5 nitrogen and oxygen atoms in total. The Morgan fingerprint density at radius 1 is 0.826 bits per heavy atom. The zero-order valence-corrected chi connectivity index (χ0v) is 12.9. The maximum atomic E-state index is 9.40. The van der Waals surface area contributed by atoms with Crippen LogP contribution in [0.1, 0.15) is 16.7 Å². The van der Waals surface area contributed by atoms with Gasteiger partial charge in [0, 0.05) is 36.5 Å². The summed E-state index contributed by atoms with van der Waals surface area (Å²) in [5.41, 5.74) is 4.93. The van der Waals surface area contributed by atoms with Gasteiger partial charge in [0.05, 0.1) is 0 Å². The molecule has 3 rings (SSSR count). The van der Waals surface area contributed by atoms with Crippen LogP contribution in [0, 0.1) is 0 Å². The predicted molar refractivity (Wildman–Crippen MR) is 91.8 cm³/mol. The van der Waals surface area contributed by atoms with Gasteiger partial charge in [-0.25, -0.2) is 0 Å². The fraction of sp³-hybridized carbons (Fsp3) is 0.111. The summed E-state index contributed by atoms with van der Waals surface area (Å²) in [5.74, 6) is 0. The fourth-order valence-electron chi connectivity index (χ4n) is 2.69. The van der Waals surface area contributed by atoms with Crippen LogP contribution >= 0.6 is 0 Å². The van der Waals surface area contributed by atoms with Crippen molar-refractivity contribution in [2.45, 2.75) is 0 Å². The first-order chi connectivity index (χ1) is 11.2. The van der Waals surface area contributed by atoms with Gasteiger partial charge in [-0.1, -0.05) is 46.7 Å². The Bertz CT molecular complexity index is 777. The van der Waals surface area contributed by atoms with Gasteiger partial charge >= 0.3 is 0 Å². The van der Waals surface area contributed by atoms with Gasteiger partial charge in [0.1, 0.15) is 11.4 Å². The van der Waals surface area contributed by atoms with E-state index in [9.17, 15) is 10.4 Å². The van der Waals surface area contributed by atoms with Gasteiger partial charge in [-0.05, 0) is 23.8 Å². The first-order valence-electron chi connectivity index (χ1n) is 7.19. The second kappa shape index (κ2) is 5.96. The van der Waals surface area contributed by atoms with Gasteiger partial charge in [-0.3, -0.25) is 0 Å². The quantitative estimate of drug-likeness (QED) is 0.661. The van der Waals surface area contributed by atoms with E-state index in [-0.39, 0.29) is 0 Å². The van der Waals surface area contributed by atoms with Crippen molar-refractivity contribution >= 4 is 23.2 Å². The Kier molecular flexibility index (Phi) is 3.85. The molecule has 1 aliphatic carbocycles.